The van der Waals surface area contributed by atoms with E-state index in [1.165, 1.54) is 0 Å². The molecule has 0 aliphatic carbocycles. The van der Waals surface area contributed by atoms with Crippen LogP contribution in [0.15, 0.2) is 36.4 Å². The Hall–Kier alpha value is -2.02. The highest BCUT2D eigenvalue weighted by molar-refractivity contribution is 5.87. The predicted octanol–water partition coefficient (Wildman–Crippen LogP) is 1.71. The van der Waals surface area contributed by atoms with Crippen molar-refractivity contribution in [3.8, 4) is 18.1 Å². The molecule has 2 aromatic carbocycles. The Morgan fingerprint density at radius 1 is 1.26 bits per heavy atom. The predicted molar refractivity (Wildman–Crippen MR) is 77.0 cm³/mol. The molecule has 0 fully saturated rings. The number of rotatable bonds is 5. The zero-order valence-electron chi connectivity index (χ0n) is 10.7. The van der Waals surface area contributed by atoms with Gasteiger partial charge in [-0.15, -0.1) is 6.42 Å². The van der Waals surface area contributed by atoms with Crippen LogP contribution in [0.2, 0.25) is 0 Å². The normalized spacial score (nSPS) is 12.1. The van der Waals surface area contributed by atoms with Crippen molar-refractivity contribution in [3.05, 3.63) is 42.0 Å². The number of benzene rings is 2. The van der Waals surface area contributed by atoms with Crippen LogP contribution in [0.25, 0.3) is 10.8 Å². The van der Waals surface area contributed by atoms with Crippen molar-refractivity contribution < 1.29 is 9.84 Å². The van der Waals surface area contributed by atoms with Crippen LogP contribution >= 0.6 is 0 Å². The zero-order chi connectivity index (χ0) is 13.7. The van der Waals surface area contributed by atoms with Crippen LogP contribution in [-0.4, -0.2) is 24.4 Å². The van der Waals surface area contributed by atoms with E-state index in [-0.39, 0.29) is 19.3 Å². The molecule has 1 atom stereocenters. The Morgan fingerprint density at radius 3 is 2.79 bits per heavy atom. The fourth-order valence-corrected chi connectivity index (χ4v) is 2.11. The molecule has 3 nitrogen and oxygen atoms in total. The summed E-state index contributed by atoms with van der Waals surface area (Å²) >= 11 is 0. The van der Waals surface area contributed by atoms with Crippen LogP contribution < -0.4 is 10.5 Å². The Labute approximate surface area is 113 Å². The van der Waals surface area contributed by atoms with E-state index in [0.29, 0.717) is 6.42 Å². The molecule has 2 rings (SSSR count). The van der Waals surface area contributed by atoms with Crippen LogP contribution in [0, 0.1) is 12.3 Å². The molecule has 0 aliphatic heterocycles. The molecule has 1 unspecified atom stereocenters. The van der Waals surface area contributed by atoms with E-state index in [1.807, 2.05) is 36.4 Å². The van der Waals surface area contributed by atoms with Gasteiger partial charge in [-0.2, -0.15) is 0 Å². The lowest BCUT2D eigenvalue weighted by atomic mass is 9.98. The molecular weight excluding hydrogens is 238 g/mol. The largest absolute Gasteiger partial charge is 0.481 e. The van der Waals surface area contributed by atoms with E-state index in [2.05, 4.69) is 5.92 Å². The second-order valence-corrected chi connectivity index (χ2v) is 4.40. The summed E-state index contributed by atoms with van der Waals surface area (Å²) in [4.78, 5) is 0. The monoisotopic (exact) mass is 255 g/mol. The van der Waals surface area contributed by atoms with Gasteiger partial charge in [0.25, 0.3) is 0 Å². The van der Waals surface area contributed by atoms with Gasteiger partial charge in [0.1, 0.15) is 12.4 Å². The SMILES string of the molecule is C#CCOc1ccc2ccccc2c1CC(N)CO. The second kappa shape index (κ2) is 6.24. The summed E-state index contributed by atoms with van der Waals surface area (Å²) in [5.74, 6) is 3.19. The smallest absolute Gasteiger partial charge is 0.148 e. The van der Waals surface area contributed by atoms with Crippen molar-refractivity contribution in [1.82, 2.24) is 0 Å². The van der Waals surface area contributed by atoms with E-state index in [1.54, 1.807) is 0 Å². The Kier molecular flexibility index (Phi) is 4.40. The fraction of sp³-hybridized carbons (Fsp3) is 0.250. The number of terminal acetylenes is 1. The average Bonchev–Trinajstić information content (AvgIpc) is 2.46. The molecule has 3 N–H and O–H groups in total. The van der Waals surface area contributed by atoms with Crippen molar-refractivity contribution in [2.24, 2.45) is 5.73 Å². The Bertz CT molecular complexity index is 601. The van der Waals surface area contributed by atoms with E-state index in [9.17, 15) is 0 Å². The van der Waals surface area contributed by atoms with Crippen LogP contribution in [-0.2, 0) is 6.42 Å². The Balaban J connectivity index is 2.48. The molecule has 0 radical (unpaired) electrons. The quantitative estimate of drug-likeness (QED) is 0.800. The van der Waals surface area contributed by atoms with Crippen LogP contribution in [0.3, 0.4) is 0 Å². The first-order chi connectivity index (χ1) is 9.26. The average molecular weight is 255 g/mol. The first-order valence-electron chi connectivity index (χ1n) is 6.19. The van der Waals surface area contributed by atoms with E-state index >= 15 is 0 Å². The first-order valence-corrected chi connectivity index (χ1v) is 6.19. The molecule has 0 saturated carbocycles. The second-order valence-electron chi connectivity index (χ2n) is 4.40. The molecule has 0 saturated heterocycles. The molecule has 19 heavy (non-hydrogen) atoms. The lowest BCUT2D eigenvalue weighted by Crippen LogP contribution is -2.27. The van der Waals surface area contributed by atoms with Crippen LogP contribution in [0.5, 0.6) is 5.75 Å². The maximum atomic E-state index is 9.14. The summed E-state index contributed by atoms with van der Waals surface area (Å²) in [5.41, 5.74) is 6.84. The Morgan fingerprint density at radius 2 is 2.05 bits per heavy atom. The zero-order valence-corrected chi connectivity index (χ0v) is 10.7. The molecule has 0 aromatic heterocycles. The van der Waals surface area contributed by atoms with Crippen molar-refractivity contribution in [2.75, 3.05) is 13.2 Å². The van der Waals surface area contributed by atoms with Crippen molar-refractivity contribution >= 4 is 10.8 Å². The van der Waals surface area contributed by atoms with Gasteiger partial charge in [0.2, 0.25) is 0 Å². The van der Waals surface area contributed by atoms with Gasteiger partial charge < -0.3 is 15.6 Å². The fourth-order valence-electron chi connectivity index (χ4n) is 2.11. The topological polar surface area (TPSA) is 55.5 Å². The van der Waals surface area contributed by atoms with Gasteiger partial charge in [-0.1, -0.05) is 36.3 Å². The minimum absolute atomic E-state index is 0.0577. The molecule has 0 heterocycles. The molecule has 3 heteroatoms. The number of fused-ring (bicyclic) bond motifs is 1. The summed E-state index contributed by atoms with van der Waals surface area (Å²) in [6.07, 6.45) is 5.78. The molecule has 0 bridgehead atoms. The molecule has 0 amide bonds. The van der Waals surface area contributed by atoms with Crippen molar-refractivity contribution in [3.63, 3.8) is 0 Å². The molecular formula is C16H17NO2. The highest BCUT2D eigenvalue weighted by Crippen LogP contribution is 2.29. The van der Waals surface area contributed by atoms with Gasteiger partial charge >= 0.3 is 0 Å². The van der Waals surface area contributed by atoms with Gasteiger partial charge in [-0.25, -0.2) is 0 Å². The maximum absolute atomic E-state index is 9.14. The third kappa shape index (κ3) is 3.05. The number of ether oxygens (including phenoxy) is 1. The number of aliphatic hydroxyl groups excluding tert-OH is 1. The summed E-state index contributed by atoms with van der Waals surface area (Å²) in [5, 5.41) is 11.3. The molecule has 98 valence electrons. The van der Waals surface area contributed by atoms with Gasteiger partial charge in [-0.3, -0.25) is 0 Å². The van der Waals surface area contributed by atoms with Crippen molar-refractivity contribution in [2.45, 2.75) is 12.5 Å². The molecule has 0 aliphatic rings. The standard InChI is InChI=1S/C16H17NO2/c1-2-9-19-16-8-7-12-5-3-4-6-14(12)15(16)10-13(17)11-18/h1,3-8,13,18H,9-11,17H2. The van der Waals surface area contributed by atoms with Crippen LogP contribution in [0.1, 0.15) is 5.56 Å². The van der Waals surface area contributed by atoms with E-state index in [0.717, 1.165) is 22.1 Å². The summed E-state index contributed by atoms with van der Waals surface area (Å²) < 4.78 is 5.57. The number of hydrogen-bond acceptors (Lipinski definition) is 3. The van der Waals surface area contributed by atoms with E-state index < -0.39 is 0 Å². The highest BCUT2D eigenvalue weighted by Gasteiger charge is 2.12. The summed E-state index contributed by atoms with van der Waals surface area (Å²) in [6, 6.07) is 11.6. The number of hydrogen-bond donors (Lipinski definition) is 2. The lowest BCUT2D eigenvalue weighted by Gasteiger charge is -2.15. The molecule has 2 aromatic rings. The number of aliphatic hydroxyl groups is 1. The van der Waals surface area contributed by atoms with Gasteiger partial charge in [-0.05, 0) is 23.3 Å². The summed E-state index contributed by atoms with van der Waals surface area (Å²) in [7, 11) is 0. The third-order valence-electron chi connectivity index (χ3n) is 3.01. The lowest BCUT2D eigenvalue weighted by molar-refractivity contribution is 0.264. The van der Waals surface area contributed by atoms with Gasteiger partial charge in [0.15, 0.2) is 0 Å². The molecule has 0 spiro atoms. The number of nitrogens with two attached hydrogens (primary N) is 1. The first kappa shape index (κ1) is 13.4. The van der Waals surface area contributed by atoms with Gasteiger partial charge in [0.05, 0.1) is 6.61 Å². The minimum atomic E-state index is -0.306. The summed E-state index contributed by atoms with van der Waals surface area (Å²) in [6.45, 7) is 0.164. The third-order valence-corrected chi connectivity index (χ3v) is 3.01. The van der Waals surface area contributed by atoms with Crippen molar-refractivity contribution in [1.29, 1.82) is 0 Å². The van der Waals surface area contributed by atoms with Crippen LogP contribution in [0.4, 0.5) is 0 Å². The highest BCUT2D eigenvalue weighted by atomic mass is 16.5. The van der Waals surface area contributed by atoms with Gasteiger partial charge in [0, 0.05) is 11.6 Å². The van der Waals surface area contributed by atoms with E-state index in [4.69, 9.17) is 22.0 Å². The maximum Gasteiger partial charge on any atom is 0.148 e. The minimum Gasteiger partial charge on any atom is -0.481 e.